The van der Waals surface area contributed by atoms with Gasteiger partial charge in [0.05, 0.1) is 46.2 Å². The van der Waals surface area contributed by atoms with Gasteiger partial charge in [0.25, 0.3) is 15.6 Å². The van der Waals surface area contributed by atoms with Gasteiger partial charge in [0.15, 0.2) is 18.3 Å². The Bertz CT molecular complexity index is 2030. The first-order valence-corrected chi connectivity index (χ1v) is 42.0. The van der Waals surface area contributed by atoms with Crippen molar-refractivity contribution in [2.45, 2.75) is 389 Å². The Hall–Kier alpha value is -1.44. The molecular formula is C76H148Na2O24P2. The van der Waals surface area contributed by atoms with Crippen molar-refractivity contribution in [2.24, 2.45) is 0 Å². The van der Waals surface area contributed by atoms with Crippen molar-refractivity contribution in [1.82, 2.24) is 0 Å². The molecule has 0 fully saturated rings. The van der Waals surface area contributed by atoms with E-state index in [4.69, 9.17) is 51.8 Å². The fourth-order valence-electron chi connectivity index (χ4n) is 10.5. The average molecular weight is 1550 g/mol. The van der Waals surface area contributed by atoms with Gasteiger partial charge in [-0.3, -0.25) is 28.3 Å². The van der Waals surface area contributed by atoms with Crippen molar-refractivity contribution >= 4 is 51.8 Å². The Morgan fingerprint density at radius 3 is 0.779 bits per heavy atom. The van der Waals surface area contributed by atoms with Crippen LogP contribution in [0.15, 0.2) is 0 Å². The molecule has 0 rings (SSSR count). The predicted molar refractivity (Wildman–Crippen MR) is 396 cm³/mol. The van der Waals surface area contributed by atoms with Crippen LogP contribution in [0.2, 0.25) is 0 Å². The third kappa shape index (κ3) is 83.0. The third-order valence-corrected chi connectivity index (χ3v) is 18.3. The molecule has 0 aliphatic rings. The van der Waals surface area contributed by atoms with Crippen LogP contribution in [0.3, 0.4) is 0 Å². The Labute approximate surface area is 675 Å². The molecule has 0 heterocycles. The zero-order chi connectivity index (χ0) is 74.3. The Balaban J connectivity index is -0.000000453. The Morgan fingerprint density at radius 2 is 0.519 bits per heavy atom. The summed E-state index contributed by atoms with van der Waals surface area (Å²) < 4.78 is 84.6. The maximum Gasteiger partial charge on any atom is 1.00 e. The van der Waals surface area contributed by atoms with Crippen LogP contribution < -0.4 is 68.9 Å². The van der Waals surface area contributed by atoms with Crippen LogP contribution in [0, 0.1) is 0 Å². The molecule has 24 nitrogen and oxygen atoms in total. The second-order valence-electron chi connectivity index (χ2n) is 26.1. The van der Waals surface area contributed by atoms with Crippen molar-refractivity contribution in [1.29, 1.82) is 0 Å². The summed E-state index contributed by atoms with van der Waals surface area (Å²) in [6.45, 7) is 7.25. The molecule has 0 aromatic carbocycles. The van der Waals surface area contributed by atoms with Gasteiger partial charge in [-0.25, -0.2) is 9.59 Å². The quantitative estimate of drug-likeness (QED) is 0.0188. The van der Waals surface area contributed by atoms with E-state index in [0.717, 1.165) is 77.0 Å². The monoisotopic (exact) mass is 1550 g/mol. The summed E-state index contributed by atoms with van der Waals surface area (Å²) in [4.78, 5) is 98.1. The first kappa shape index (κ1) is 113. The molecule has 0 saturated heterocycles. The fourth-order valence-corrected chi connectivity index (χ4v) is 12.1. The number of hydrogen-bond donors (Lipinski definition) is 2. The van der Waals surface area contributed by atoms with E-state index in [1.54, 1.807) is 13.8 Å². The number of aliphatic hydroxyl groups excluding tert-OH is 2. The summed E-state index contributed by atoms with van der Waals surface area (Å²) in [5.41, 5.74) is 0. The number of aliphatic hydroxyl groups is 2. The van der Waals surface area contributed by atoms with Gasteiger partial charge >= 0.3 is 95.3 Å². The molecule has 0 aromatic rings. The van der Waals surface area contributed by atoms with Crippen molar-refractivity contribution in [3.05, 3.63) is 0 Å². The number of ether oxygens (including phenoxy) is 8. The summed E-state index contributed by atoms with van der Waals surface area (Å²) in [5.74, 6) is -2.00. The molecule has 6 atom stereocenters. The second-order valence-corrected chi connectivity index (χ2v) is 28.9. The zero-order valence-corrected chi connectivity index (χ0v) is 70.9. The number of esters is 4. The van der Waals surface area contributed by atoms with E-state index in [1.165, 1.54) is 180 Å². The maximum atomic E-state index is 12.7. The van der Waals surface area contributed by atoms with E-state index in [9.17, 15) is 52.8 Å². The summed E-state index contributed by atoms with van der Waals surface area (Å²) >= 11 is 0. The summed E-state index contributed by atoms with van der Waals surface area (Å²) in [7, 11) is -9.93. The van der Waals surface area contributed by atoms with E-state index >= 15 is 0 Å². The van der Waals surface area contributed by atoms with E-state index in [0.29, 0.717) is 25.7 Å². The van der Waals surface area contributed by atoms with E-state index < -0.39 is 122 Å². The zero-order valence-electron chi connectivity index (χ0n) is 65.1. The number of carbonyl (C=O) groups is 6. The second kappa shape index (κ2) is 84.0. The van der Waals surface area contributed by atoms with Gasteiger partial charge in [0, 0.05) is 25.7 Å². The van der Waals surface area contributed by atoms with Crippen molar-refractivity contribution < 1.29 is 173 Å². The van der Waals surface area contributed by atoms with Crippen molar-refractivity contribution in [3.8, 4) is 0 Å². The van der Waals surface area contributed by atoms with Gasteiger partial charge in [-0.1, -0.05) is 299 Å². The third-order valence-electron chi connectivity index (χ3n) is 16.5. The van der Waals surface area contributed by atoms with Gasteiger partial charge in [-0.05, 0) is 39.5 Å². The number of rotatable bonds is 72. The standard InChI is InChI=1S/C40H75O14P.C34H67O10P.2CH4.2Na/c1-5-9-11-13-15-17-19-21-23-25-27-29-37(41)49-31-35(53-38(42)30-28-26-24-22-20-18-16-14-12-10-6-2)33-51-55(45,46)52-34-36(54-40(44)48-8-4)32-50-39(43)47-7-3;1-3-5-7-9-11-13-15-17-19-21-23-25-33(37)41-29-32(30-43-45(39,40)42-28-31(36)27-35)44-34(38)26-24-22-20-18-16-14-12-10-8-6-4-2;;;;/h35-36H,5-34H2,1-4H3,(H,45,46);31-32,35-36H,3-30H2,1-2H3,(H,39,40);2*1H4;;/q;;;;2*+1/p-2/t35-,36?;31?,32-;;;;/m11..../s1. The molecule has 0 bridgehead atoms. The predicted octanol–water partition coefficient (Wildman–Crippen LogP) is 13.0. The number of unbranched alkanes of at least 4 members (excludes halogenated alkanes) is 40. The first-order chi connectivity index (χ1) is 48.3. The van der Waals surface area contributed by atoms with Gasteiger partial charge < -0.3 is 76.0 Å². The molecule has 608 valence electrons. The van der Waals surface area contributed by atoms with E-state index in [-0.39, 0.29) is 119 Å². The van der Waals surface area contributed by atoms with E-state index in [1.807, 2.05) is 0 Å². The minimum absolute atomic E-state index is 0. The van der Waals surface area contributed by atoms with Crippen LogP contribution >= 0.6 is 15.6 Å². The minimum atomic E-state index is -5.08. The molecule has 0 spiro atoms. The molecule has 2 N–H and O–H groups in total. The molecule has 0 saturated carbocycles. The van der Waals surface area contributed by atoms with Crippen LogP contribution in [-0.4, -0.2) is 137 Å². The van der Waals surface area contributed by atoms with Crippen molar-refractivity contribution in [2.75, 3.05) is 66.1 Å². The molecule has 0 radical (unpaired) electrons. The van der Waals surface area contributed by atoms with Crippen molar-refractivity contribution in [3.63, 3.8) is 0 Å². The fraction of sp³-hybridized carbons (Fsp3) is 0.921. The van der Waals surface area contributed by atoms with Crippen LogP contribution in [0.1, 0.15) is 365 Å². The smallest absolute Gasteiger partial charge is 0.756 e. The first-order valence-electron chi connectivity index (χ1n) is 39.1. The number of phosphoric ester groups is 2. The number of phosphoric acid groups is 2. The van der Waals surface area contributed by atoms with Crippen LogP contribution in [0.5, 0.6) is 0 Å². The molecule has 0 aromatic heterocycles. The SMILES string of the molecule is C.C.CCCCCCCCCCCCCC(=O)OC[C@H](COP(=O)([O-])OCC(COC(=O)OCC)OC(=O)OCC)OC(=O)CCCCCCCCCCCCC.CCCCCCCCCCCCCC(=O)OC[C@H](COP(=O)([O-])OCC(O)CO)OC(=O)CCCCCCCCCCCCC.[Na+].[Na+]. The molecule has 4 unspecified atom stereocenters. The number of carbonyl (C=O) groups excluding carboxylic acids is 6. The Morgan fingerprint density at radius 1 is 0.298 bits per heavy atom. The summed E-state index contributed by atoms with van der Waals surface area (Å²) in [6.07, 6.45) is 43.8. The van der Waals surface area contributed by atoms with Gasteiger partial charge in [-0.2, -0.15) is 0 Å². The molecule has 104 heavy (non-hydrogen) atoms. The molecule has 0 aliphatic heterocycles. The molecule has 28 heteroatoms. The maximum absolute atomic E-state index is 12.7. The van der Waals surface area contributed by atoms with Crippen LogP contribution in [0.4, 0.5) is 9.59 Å². The number of hydrogen-bond acceptors (Lipinski definition) is 24. The van der Waals surface area contributed by atoms with Gasteiger partial charge in [-0.15, -0.1) is 0 Å². The van der Waals surface area contributed by atoms with Gasteiger partial charge in [0.1, 0.15) is 25.9 Å². The normalized spacial score (nSPS) is 13.2. The average Bonchev–Trinajstić information content (AvgIpc) is 0.907. The van der Waals surface area contributed by atoms with Gasteiger partial charge in [0.2, 0.25) is 0 Å². The summed E-state index contributed by atoms with van der Waals surface area (Å²) in [5, 5.41) is 18.2. The van der Waals surface area contributed by atoms with E-state index in [2.05, 4.69) is 37.0 Å². The van der Waals surface area contributed by atoms with Crippen LogP contribution in [0.25, 0.3) is 0 Å². The minimum Gasteiger partial charge on any atom is -0.756 e. The topological polar surface area (TPSA) is 334 Å². The largest absolute Gasteiger partial charge is 1.00 e. The summed E-state index contributed by atoms with van der Waals surface area (Å²) in [6, 6.07) is 0. The van der Waals surface area contributed by atoms with Crippen LogP contribution in [-0.2, 0) is 84.3 Å². The molecule has 0 aliphatic carbocycles. The Kier molecular flexibility index (Phi) is 91.7. The molecule has 0 amide bonds. The molecular weight excluding hydrogens is 1400 g/mol.